The predicted molar refractivity (Wildman–Crippen MR) is 78.6 cm³/mol. The van der Waals surface area contributed by atoms with E-state index in [0.717, 1.165) is 24.4 Å². The van der Waals surface area contributed by atoms with Gasteiger partial charge in [-0.1, -0.05) is 18.2 Å². The average Bonchev–Trinajstić information content (AvgIpc) is 2.39. The summed E-state index contributed by atoms with van der Waals surface area (Å²) in [5.41, 5.74) is 0.514. The van der Waals surface area contributed by atoms with Gasteiger partial charge in [0.15, 0.2) is 0 Å². The number of ether oxygens (including phenoxy) is 1. The minimum Gasteiger partial charge on any atom is -0.494 e. The number of hydrogen-bond acceptors (Lipinski definition) is 4. The van der Waals surface area contributed by atoms with Gasteiger partial charge in [0.2, 0.25) is 0 Å². The molecule has 1 atom stereocenters. The van der Waals surface area contributed by atoms with Crippen molar-refractivity contribution in [1.29, 1.82) is 0 Å². The fourth-order valence-corrected chi connectivity index (χ4v) is 2.00. The molecular weight excluding hydrogens is 240 g/mol. The van der Waals surface area contributed by atoms with Gasteiger partial charge in [0.1, 0.15) is 5.75 Å². The van der Waals surface area contributed by atoms with Crippen molar-refractivity contribution in [2.24, 2.45) is 0 Å². The molecule has 0 aromatic heterocycles. The number of aliphatic hydroxyl groups is 1. The first-order valence-corrected chi connectivity index (χ1v) is 6.76. The molecule has 1 aromatic rings. The SMILES string of the molecule is CCOc1ccccc1C(C)(CO)NCCN(C)C. The predicted octanol–water partition coefficient (Wildman–Crippen LogP) is 1.44. The molecule has 108 valence electrons. The summed E-state index contributed by atoms with van der Waals surface area (Å²) in [4.78, 5) is 2.11. The van der Waals surface area contributed by atoms with Gasteiger partial charge in [-0.2, -0.15) is 0 Å². The molecule has 1 rings (SSSR count). The summed E-state index contributed by atoms with van der Waals surface area (Å²) in [5, 5.41) is 13.2. The summed E-state index contributed by atoms with van der Waals surface area (Å²) in [5.74, 6) is 0.832. The second-order valence-electron chi connectivity index (χ2n) is 5.15. The van der Waals surface area contributed by atoms with Crippen molar-refractivity contribution in [1.82, 2.24) is 10.2 Å². The number of hydrogen-bond donors (Lipinski definition) is 2. The number of nitrogens with one attached hydrogen (secondary N) is 1. The largest absolute Gasteiger partial charge is 0.494 e. The maximum Gasteiger partial charge on any atom is 0.124 e. The topological polar surface area (TPSA) is 44.7 Å². The first-order chi connectivity index (χ1) is 9.03. The number of para-hydroxylation sites is 1. The Bertz CT molecular complexity index is 382. The highest BCUT2D eigenvalue weighted by Gasteiger charge is 2.28. The van der Waals surface area contributed by atoms with E-state index < -0.39 is 5.54 Å². The van der Waals surface area contributed by atoms with Gasteiger partial charge in [0.05, 0.1) is 18.8 Å². The first-order valence-electron chi connectivity index (χ1n) is 6.76. The Labute approximate surface area is 116 Å². The molecule has 2 N–H and O–H groups in total. The van der Waals surface area contributed by atoms with Crippen molar-refractivity contribution in [2.75, 3.05) is 40.4 Å². The van der Waals surface area contributed by atoms with Gasteiger partial charge in [-0.05, 0) is 34.0 Å². The van der Waals surface area contributed by atoms with Gasteiger partial charge >= 0.3 is 0 Å². The van der Waals surface area contributed by atoms with Crippen LogP contribution < -0.4 is 10.1 Å². The maximum atomic E-state index is 9.76. The Morgan fingerprint density at radius 3 is 2.58 bits per heavy atom. The summed E-state index contributed by atoms with van der Waals surface area (Å²) in [6.45, 7) is 6.35. The standard InChI is InChI=1S/C15H26N2O2/c1-5-19-14-9-7-6-8-13(14)15(2,12-18)16-10-11-17(3)4/h6-9,16,18H,5,10-12H2,1-4H3. The van der Waals surface area contributed by atoms with Crippen LogP contribution in [0.15, 0.2) is 24.3 Å². The van der Waals surface area contributed by atoms with E-state index in [9.17, 15) is 5.11 Å². The van der Waals surface area contributed by atoms with Gasteiger partial charge in [-0.15, -0.1) is 0 Å². The zero-order chi connectivity index (χ0) is 14.3. The van der Waals surface area contributed by atoms with Crippen LogP contribution >= 0.6 is 0 Å². The molecule has 0 aliphatic rings. The fraction of sp³-hybridized carbons (Fsp3) is 0.600. The minimum absolute atomic E-state index is 0.0323. The molecule has 0 amide bonds. The highest BCUT2D eigenvalue weighted by Crippen LogP contribution is 2.29. The van der Waals surface area contributed by atoms with Gasteiger partial charge < -0.3 is 20.1 Å². The molecule has 0 heterocycles. The smallest absolute Gasteiger partial charge is 0.124 e. The van der Waals surface area contributed by atoms with E-state index in [4.69, 9.17) is 4.74 Å². The third-order valence-corrected chi connectivity index (χ3v) is 3.17. The van der Waals surface area contributed by atoms with Gasteiger partial charge in [0, 0.05) is 18.7 Å². The summed E-state index contributed by atoms with van der Waals surface area (Å²) >= 11 is 0. The summed E-state index contributed by atoms with van der Waals surface area (Å²) < 4.78 is 5.65. The molecule has 4 heteroatoms. The molecule has 0 bridgehead atoms. The zero-order valence-corrected chi connectivity index (χ0v) is 12.4. The number of benzene rings is 1. The Hall–Kier alpha value is -1.10. The van der Waals surface area contributed by atoms with E-state index >= 15 is 0 Å². The normalized spacial score (nSPS) is 14.4. The van der Waals surface area contributed by atoms with Crippen LogP contribution in [0.1, 0.15) is 19.4 Å². The van der Waals surface area contributed by atoms with E-state index in [0.29, 0.717) is 6.61 Å². The van der Waals surface area contributed by atoms with Gasteiger partial charge in [-0.25, -0.2) is 0 Å². The van der Waals surface area contributed by atoms with E-state index in [1.807, 2.05) is 52.2 Å². The van der Waals surface area contributed by atoms with Crippen molar-refractivity contribution >= 4 is 0 Å². The molecule has 4 nitrogen and oxygen atoms in total. The molecule has 0 fully saturated rings. The highest BCUT2D eigenvalue weighted by molar-refractivity contribution is 5.39. The molecule has 1 unspecified atom stereocenters. The summed E-state index contributed by atoms with van der Waals surface area (Å²) in [6.07, 6.45) is 0. The van der Waals surface area contributed by atoms with Crippen LogP contribution in [0.3, 0.4) is 0 Å². The number of rotatable bonds is 8. The van der Waals surface area contributed by atoms with Crippen LogP contribution in [0.5, 0.6) is 5.75 Å². The molecule has 1 aromatic carbocycles. The van der Waals surface area contributed by atoms with E-state index in [2.05, 4.69) is 10.2 Å². The molecule has 0 aliphatic carbocycles. The summed E-state index contributed by atoms with van der Waals surface area (Å²) in [7, 11) is 4.07. The van der Waals surface area contributed by atoms with E-state index in [1.54, 1.807) is 0 Å². The Balaban J connectivity index is 2.87. The van der Waals surface area contributed by atoms with Crippen molar-refractivity contribution in [3.8, 4) is 5.75 Å². The van der Waals surface area contributed by atoms with Gasteiger partial charge in [0.25, 0.3) is 0 Å². The number of aliphatic hydroxyl groups excluding tert-OH is 1. The number of likely N-dealkylation sites (N-methyl/N-ethyl adjacent to an activating group) is 1. The van der Waals surface area contributed by atoms with Gasteiger partial charge in [-0.3, -0.25) is 0 Å². The second-order valence-corrected chi connectivity index (χ2v) is 5.15. The van der Waals surface area contributed by atoms with E-state index in [1.165, 1.54) is 0 Å². The van der Waals surface area contributed by atoms with E-state index in [-0.39, 0.29) is 6.61 Å². The lowest BCUT2D eigenvalue weighted by Gasteiger charge is -2.31. The lowest BCUT2D eigenvalue weighted by molar-refractivity contribution is 0.167. The van der Waals surface area contributed by atoms with Crippen molar-refractivity contribution in [2.45, 2.75) is 19.4 Å². The van der Waals surface area contributed by atoms with Crippen LogP contribution in [0.25, 0.3) is 0 Å². The van der Waals surface area contributed by atoms with Crippen molar-refractivity contribution in [3.05, 3.63) is 29.8 Å². The molecular formula is C15H26N2O2. The van der Waals surface area contributed by atoms with Crippen LogP contribution in [0, 0.1) is 0 Å². The quantitative estimate of drug-likeness (QED) is 0.747. The molecule has 0 saturated carbocycles. The number of nitrogens with zero attached hydrogens (tertiary/aromatic N) is 1. The minimum atomic E-state index is -0.484. The lowest BCUT2D eigenvalue weighted by Crippen LogP contribution is -2.45. The molecule has 0 radical (unpaired) electrons. The Morgan fingerprint density at radius 2 is 2.00 bits per heavy atom. The molecule has 0 saturated heterocycles. The van der Waals surface area contributed by atoms with Crippen LogP contribution in [0.4, 0.5) is 0 Å². The van der Waals surface area contributed by atoms with Crippen molar-refractivity contribution < 1.29 is 9.84 Å². The van der Waals surface area contributed by atoms with Crippen LogP contribution in [-0.2, 0) is 5.54 Å². The zero-order valence-electron chi connectivity index (χ0n) is 12.4. The third-order valence-electron chi connectivity index (χ3n) is 3.17. The average molecular weight is 266 g/mol. The maximum absolute atomic E-state index is 9.76. The Morgan fingerprint density at radius 1 is 1.32 bits per heavy atom. The first kappa shape index (κ1) is 16.0. The molecule has 0 spiro atoms. The monoisotopic (exact) mass is 266 g/mol. The third kappa shape index (κ3) is 4.49. The molecule has 0 aliphatic heterocycles. The Kier molecular flexibility index (Phi) is 6.28. The highest BCUT2D eigenvalue weighted by atomic mass is 16.5. The second kappa shape index (κ2) is 7.48. The fourth-order valence-electron chi connectivity index (χ4n) is 2.00. The summed E-state index contributed by atoms with van der Waals surface area (Å²) in [6, 6.07) is 7.87. The van der Waals surface area contributed by atoms with Crippen LogP contribution in [0.2, 0.25) is 0 Å². The van der Waals surface area contributed by atoms with Crippen molar-refractivity contribution in [3.63, 3.8) is 0 Å². The lowest BCUT2D eigenvalue weighted by atomic mass is 9.92. The van der Waals surface area contributed by atoms with Crippen LogP contribution in [-0.4, -0.2) is 50.4 Å². The molecule has 19 heavy (non-hydrogen) atoms.